The van der Waals surface area contributed by atoms with Crippen molar-refractivity contribution in [3.05, 3.63) is 41.7 Å². The van der Waals surface area contributed by atoms with E-state index in [1.807, 2.05) is 6.07 Å². The second-order valence-corrected chi connectivity index (χ2v) is 3.41. The molecule has 1 aliphatic rings. The number of rotatable bonds is 3. The number of hydrogen-bond donors (Lipinski definition) is 0. The van der Waals surface area contributed by atoms with Crippen molar-refractivity contribution in [1.29, 1.82) is 0 Å². The minimum Gasteiger partial charge on any atom is -0.497 e. The summed E-state index contributed by atoms with van der Waals surface area (Å²) in [5.41, 5.74) is 0.793. The number of hydrogen-bond acceptors (Lipinski definition) is 4. The fourth-order valence-electron chi connectivity index (χ4n) is 1.52. The summed E-state index contributed by atoms with van der Waals surface area (Å²) in [7, 11) is 3.18. The van der Waals surface area contributed by atoms with Crippen molar-refractivity contribution in [2.75, 3.05) is 14.2 Å². The number of esters is 1. The molecule has 2 rings (SSSR count). The van der Waals surface area contributed by atoms with Crippen LogP contribution in [0, 0.1) is 0 Å². The van der Waals surface area contributed by atoms with Gasteiger partial charge >= 0.3 is 5.97 Å². The standard InChI is InChI=1S/C13H12O4/c1-15-10-3-5-12(16-2)9(7-10)8-11-4-6-13(14)17-11/h3-8H,1-2H3/b11-8+. The molecule has 88 valence electrons. The molecule has 1 aromatic carbocycles. The van der Waals surface area contributed by atoms with Crippen molar-refractivity contribution in [3.63, 3.8) is 0 Å². The average Bonchev–Trinajstić information content (AvgIpc) is 2.74. The summed E-state index contributed by atoms with van der Waals surface area (Å²) in [4.78, 5) is 10.9. The molecule has 0 unspecified atom stereocenters. The summed E-state index contributed by atoms with van der Waals surface area (Å²) in [5, 5.41) is 0. The fraction of sp³-hybridized carbons (Fsp3) is 0.154. The molecule has 0 amide bonds. The van der Waals surface area contributed by atoms with Crippen LogP contribution in [0.25, 0.3) is 6.08 Å². The Balaban J connectivity index is 2.36. The number of carbonyl (C=O) groups excluding carboxylic acids is 1. The van der Waals surface area contributed by atoms with Crippen LogP contribution in [0.1, 0.15) is 5.56 Å². The normalized spacial score (nSPS) is 16.1. The summed E-state index contributed by atoms with van der Waals surface area (Å²) >= 11 is 0. The van der Waals surface area contributed by atoms with Gasteiger partial charge in [-0.2, -0.15) is 0 Å². The first kappa shape index (κ1) is 11.3. The Morgan fingerprint density at radius 1 is 1.18 bits per heavy atom. The molecule has 1 aromatic rings. The van der Waals surface area contributed by atoms with Crippen LogP contribution in [0.2, 0.25) is 0 Å². The Kier molecular flexibility index (Phi) is 3.14. The molecule has 0 N–H and O–H groups in total. The van der Waals surface area contributed by atoms with E-state index < -0.39 is 0 Å². The van der Waals surface area contributed by atoms with Gasteiger partial charge in [-0.05, 0) is 30.4 Å². The van der Waals surface area contributed by atoms with Crippen LogP contribution in [-0.2, 0) is 9.53 Å². The molecule has 17 heavy (non-hydrogen) atoms. The molecule has 0 fully saturated rings. The van der Waals surface area contributed by atoms with Crippen LogP contribution in [0.5, 0.6) is 11.5 Å². The van der Waals surface area contributed by atoms with E-state index >= 15 is 0 Å². The maximum atomic E-state index is 10.9. The smallest absolute Gasteiger partial charge is 0.336 e. The zero-order chi connectivity index (χ0) is 12.3. The Morgan fingerprint density at radius 2 is 2.00 bits per heavy atom. The second kappa shape index (κ2) is 4.74. The average molecular weight is 232 g/mol. The topological polar surface area (TPSA) is 44.8 Å². The van der Waals surface area contributed by atoms with Crippen molar-refractivity contribution in [1.82, 2.24) is 0 Å². The number of allylic oxidation sites excluding steroid dienone is 1. The van der Waals surface area contributed by atoms with E-state index in [0.29, 0.717) is 17.3 Å². The molecule has 0 saturated carbocycles. The highest BCUT2D eigenvalue weighted by atomic mass is 16.5. The highest BCUT2D eigenvalue weighted by Gasteiger charge is 2.11. The molecule has 0 saturated heterocycles. The maximum Gasteiger partial charge on any atom is 0.336 e. The first-order valence-corrected chi connectivity index (χ1v) is 5.06. The molecule has 0 atom stereocenters. The SMILES string of the molecule is COc1ccc(OC)c(/C=C2\C=CC(=O)O2)c1. The van der Waals surface area contributed by atoms with Gasteiger partial charge in [-0.15, -0.1) is 0 Å². The third-order valence-electron chi connectivity index (χ3n) is 2.34. The van der Waals surface area contributed by atoms with E-state index in [1.165, 1.54) is 6.08 Å². The van der Waals surface area contributed by atoms with Crippen molar-refractivity contribution in [2.45, 2.75) is 0 Å². The third kappa shape index (κ3) is 2.47. The molecule has 0 radical (unpaired) electrons. The lowest BCUT2D eigenvalue weighted by molar-refractivity contribution is -0.132. The quantitative estimate of drug-likeness (QED) is 0.749. The van der Waals surface area contributed by atoms with Gasteiger partial charge in [-0.3, -0.25) is 0 Å². The molecule has 1 aliphatic heterocycles. The molecule has 0 aromatic heterocycles. The van der Waals surface area contributed by atoms with Gasteiger partial charge in [0.1, 0.15) is 17.3 Å². The highest BCUT2D eigenvalue weighted by Crippen LogP contribution is 2.27. The van der Waals surface area contributed by atoms with Gasteiger partial charge in [0.2, 0.25) is 0 Å². The van der Waals surface area contributed by atoms with E-state index in [0.717, 1.165) is 5.56 Å². The first-order chi connectivity index (χ1) is 8.22. The Labute approximate surface area is 99.1 Å². The predicted molar refractivity (Wildman–Crippen MR) is 62.8 cm³/mol. The maximum absolute atomic E-state index is 10.9. The Hall–Kier alpha value is -2.23. The van der Waals surface area contributed by atoms with Crippen LogP contribution in [0.3, 0.4) is 0 Å². The molecule has 4 nitrogen and oxygen atoms in total. The molecular weight excluding hydrogens is 220 g/mol. The lowest BCUT2D eigenvalue weighted by atomic mass is 10.1. The van der Waals surface area contributed by atoms with E-state index in [-0.39, 0.29) is 5.97 Å². The lowest BCUT2D eigenvalue weighted by Crippen LogP contribution is -1.92. The molecule has 4 heteroatoms. The first-order valence-electron chi connectivity index (χ1n) is 5.06. The van der Waals surface area contributed by atoms with E-state index in [2.05, 4.69) is 0 Å². The second-order valence-electron chi connectivity index (χ2n) is 3.41. The summed E-state index contributed by atoms with van der Waals surface area (Å²) in [6, 6.07) is 5.41. The van der Waals surface area contributed by atoms with Gasteiger partial charge in [0, 0.05) is 11.6 Å². The Morgan fingerprint density at radius 3 is 2.59 bits per heavy atom. The van der Waals surface area contributed by atoms with Crippen LogP contribution in [0.4, 0.5) is 0 Å². The number of cyclic esters (lactones) is 1. The number of methoxy groups -OCH3 is 2. The van der Waals surface area contributed by atoms with E-state index in [1.54, 1.807) is 38.5 Å². The zero-order valence-corrected chi connectivity index (χ0v) is 9.60. The van der Waals surface area contributed by atoms with Gasteiger partial charge < -0.3 is 14.2 Å². The molecular formula is C13H12O4. The van der Waals surface area contributed by atoms with Crippen LogP contribution in [0.15, 0.2) is 36.1 Å². The van der Waals surface area contributed by atoms with Gasteiger partial charge in [0.05, 0.1) is 14.2 Å². The summed E-state index contributed by atoms with van der Waals surface area (Å²) in [6.07, 6.45) is 4.71. The van der Waals surface area contributed by atoms with Crippen molar-refractivity contribution >= 4 is 12.0 Å². The third-order valence-corrected chi connectivity index (χ3v) is 2.34. The Bertz CT molecular complexity index is 500. The van der Waals surface area contributed by atoms with Crippen molar-refractivity contribution < 1.29 is 19.0 Å². The lowest BCUT2D eigenvalue weighted by Gasteiger charge is -2.07. The number of benzene rings is 1. The summed E-state index contributed by atoms with van der Waals surface area (Å²) in [6.45, 7) is 0. The van der Waals surface area contributed by atoms with Gasteiger partial charge in [0.25, 0.3) is 0 Å². The van der Waals surface area contributed by atoms with Gasteiger partial charge in [-0.25, -0.2) is 4.79 Å². The molecule has 0 spiro atoms. The molecule has 0 aliphatic carbocycles. The highest BCUT2D eigenvalue weighted by molar-refractivity contribution is 5.88. The van der Waals surface area contributed by atoms with Crippen LogP contribution >= 0.6 is 0 Å². The largest absolute Gasteiger partial charge is 0.497 e. The summed E-state index contributed by atoms with van der Waals surface area (Å²) in [5.74, 6) is 1.53. The zero-order valence-electron chi connectivity index (χ0n) is 9.60. The van der Waals surface area contributed by atoms with E-state index in [9.17, 15) is 4.79 Å². The van der Waals surface area contributed by atoms with Crippen LogP contribution < -0.4 is 9.47 Å². The molecule has 1 heterocycles. The van der Waals surface area contributed by atoms with Gasteiger partial charge in [0.15, 0.2) is 0 Å². The van der Waals surface area contributed by atoms with E-state index in [4.69, 9.17) is 14.2 Å². The van der Waals surface area contributed by atoms with Gasteiger partial charge in [-0.1, -0.05) is 0 Å². The molecule has 0 bridgehead atoms. The van der Waals surface area contributed by atoms with Crippen molar-refractivity contribution in [2.24, 2.45) is 0 Å². The van der Waals surface area contributed by atoms with Crippen molar-refractivity contribution in [3.8, 4) is 11.5 Å². The summed E-state index contributed by atoms with van der Waals surface area (Å²) < 4.78 is 15.3. The minimum absolute atomic E-state index is 0.363. The predicted octanol–water partition coefficient (Wildman–Crippen LogP) is 2.16. The number of carbonyl (C=O) groups is 1. The van der Waals surface area contributed by atoms with Crippen LogP contribution in [-0.4, -0.2) is 20.2 Å². The minimum atomic E-state index is -0.363. The fourth-order valence-corrected chi connectivity index (χ4v) is 1.52. The monoisotopic (exact) mass is 232 g/mol. The number of ether oxygens (including phenoxy) is 3.